The first-order valence-electron chi connectivity index (χ1n) is 6.62. The van der Waals surface area contributed by atoms with Gasteiger partial charge in [0.1, 0.15) is 5.69 Å². The molecule has 2 aromatic rings. The summed E-state index contributed by atoms with van der Waals surface area (Å²) in [5.74, 6) is 0.212. The molecule has 7 heteroatoms. The van der Waals surface area contributed by atoms with Crippen molar-refractivity contribution >= 4 is 22.2 Å². The predicted molar refractivity (Wildman–Crippen MR) is 73.1 cm³/mol. The monoisotopic (exact) mass is 291 g/mol. The summed E-state index contributed by atoms with van der Waals surface area (Å²) in [5, 5.41) is 4.82. The van der Waals surface area contributed by atoms with E-state index in [0.29, 0.717) is 22.7 Å². The summed E-state index contributed by atoms with van der Waals surface area (Å²) in [6.45, 7) is 0.783. The van der Waals surface area contributed by atoms with Crippen LogP contribution >= 0.6 is 11.3 Å². The van der Waals surface area contributed by atoms with E-state index in [2.05, 4.69) is 10.3 Å². The molecule has 2 fully saturated rings. The van der Waals surface area contributed by atoms with Crippen LogP contribution in [0.4, 0.5) is 0 Å². The number of ether oxygens (including phenoxy) is 1. The average molecular weight is 291 g/mol. The van der Waals surface area contributed by atoms with E-state index >= 15 is 0 Å². The van der Waals surface area contributed by atoms with Crippen LogP contribution in [0, 0.1) is 5.92 Å². The topological polar surface area (TPSA) is 72.7 Å². The highest BCUT2D eigenvalue weighted by atomic mass is 32.1. The summed E-state index contributed by atoms with van der Waals surface area (Å²) in [6, 6.07) is 1.45. The standard InChI is InChI=1S/C13H13N3O3S/c17-11-6-9(16-2-4-20-13(16)15-11)12(18)14-8-5-10-7(8)1-3-19-10/h2,4,6-8,10H,1,3,5H2,(H,14,18)/t7-,8+,10+/m1/s1. The molecule has 104 valence electrons. The molecule has 2 aliphatic rings. The van der Waals surface area contributed by atoms with Crippen LogP contribution in [-0.2, 0) is 4.74 Å². The Morgan fingerprint density at radius 2 is 2.45 bits per heavy atom. The van der Waals surface area contributed by atoms with Crippen LogP contribution in [0.15, 0.2) is 22.4 Å². The number of thiazole rings is 1. The molecule has 1 saturated heterocycles. The number of nitrogens with zero attached hydrogens (tertiary/aromatic N) is 2. The van der Waals surface area contributed by atoms with Gasteiger partial charge in [-0.2, -0.15) is 4.98 Å². The highest BCUT2D eigenvalue weighted by Gasteiger charge is 2.45. The van der Waals surface area contributed by atoms with Gasteiger partial charge < -0.3 is 10.1 Å². The molecule has 2 aromatic heterocycles. The predicted octanol–water partition coefficient (Wildman–Crippen LogP) is 0.663. The summed E-state index contributed by atoms with van der Waals surface area (Å²) in [4.78, 5) is 28.3. The first kappa shape index (κ1) is 12.0. The second-order valence-electron chi connectivity index (χ2n) is 5.21. The number of aromatic nitrogens is 2. The van der Waals surface area contributed by atoms with Crippen LogP contribution in [-0.4, -0.2) is 34.0 Å². The molecule has 1 aliphatic heterocycles. The van der Waals surface area contributed by atoms with E-state index in [9.17, 15) is 9.59 Å². The maximum atomic E-state index is 12.4. The summed E-state index contributed by atoms with van der Waals surface area (Å²) in [6.07, 6.45) is 3.92. The van der Waals surface area contributed by atoms with Crippen LogP contribution in [0.2, 0.25) is 0 Å². The minimum Gasteiger partial charge on any atom is -0.378 e. The van der Waals surface area contributed by atoms with Gasteiger partial charge in [0.2, 0.25) is 0 Å². The van der Waals surface area contributed by atoms with E-state index in [0.717, 1.165) is 19.4 Å². The minimum atomic E-state index is -0.381. The molecule has 3 atom stereocenters. The van der Waals surface area contributed by atoms with Gasteiger partial charge in [0.15, 0.2) is 4.96 Å². The molecule has 20 heavy (non-hydrogen) atoms. The molecular weight excluding hydrogens is 278 g/mol. The normalized spacial score (nSPS) is 28.1. The molecular formula is C13H13N3O3S. The quantitative estimate of drug-likeness (QED) is 0.882. The van der Waals surface area contributed by atoms with E-state index in [1.165, 1.54) is 17.4 Å². The fourth-order valence-electron chi connectivity index (χ4n) is 3.03. The van der Waals surface area contributed by atoms with Crippen molar-refractivity contribution in [2.75, 3.05) is 6.61 Å². The average Bonchev–Trinajstić information content (AvgIpc) is 3.00. The molecule has 0 unspecified atom stereocenters. The fourth-order valence-corrected chi connectivity index (χ4v) is 3.75. The van der Waals surface area contributed by atoms with Crippen LogP contribution in [0.25, 0.3) is 4.96 Å². The van der Waals surface area contributed by atoms with Crippen molar-refractivity contribution in [1.29, 1.82) is 0 Å². The molecule has 1 amide bonds. The van der Waals surface area contributed by atoms with Gasteiger partial charge in [-0.3, -0.25) is 14.0 Å². The zero-order valence-electron chi connectivity index (χ0n) is 10.6. The van der Waals surface area contributed by atoms with Crippen LogP contribution in [0.5, 0.6) is 0 Å². The third-order valence-electron chi connectivity index (χ3n) is 4.13. The molecule has 1 N–H and O–H groups in total. The summed E-state index contributed by atoms with van der Waals surface area (Å²) in [5.41, 5.74) is -0.0306. The molecule has 1 aliphatic carbocycles. The number of amides is 1. The van der Waals surface area contributed by atoms with E-state index in [1.807, 2.05) is 5.38 Å². The largest absolute Gasteiger partial charge is 0.378 e. The molecule has 0 radical (unpaired) electrons. The maximum Gasteiger partial charge on any atom is 0.274 e. The molecule has 3 heterocycles. The Hall–Kier alpha value is -1.73. The summed E-state index contributed by atoms with van der Waals surface area (Å²) in [7, 11) is 0. The number of carbonyl (C=O) groups is 1. The number of hydrogen-bond donors (Lipinski definition) is 1. The summed E-state index contributed by atoms with van der Waals surface area (Å²) >= 11 is 1.34. The molecule has 4 rings (SSSR count). The van der Waals surface area contributed by atoms with E-state index in [1.54, 1.807) is 10.6 Å². The first-order valence-corrected chi connectivity index (χ1v) is 7.50. The smallest absolute Gasteiger partial charge is 0.274 e. The van der Waals surface area contributed by atoms with Crippen molar-refractivity contribution in [1.82, 2.24) is 14.7 Å². The highest BCUT2D eigenvalue weighted by Crippen LogP contribution is 2.38. The van der Waals surface area contributed by atoms with Gasteiger partial charge in [0.25, 0.3) is 11.5 Å². The Morgan fingerprint density at radius 3 is 3.30 bits per heavy atom. The van der Waals surface area contributed by atoms with Crippen LogP contribution in [0.3, 0.4) is 0 Å². The lowest BCUT2D eigenvalue weighted by molar-refractivity contribution is 0.00800. The van der Waals surface area contributed by atoms with Crippen LogP contribution < -0.4 is 10.9 Å². The Labute approximate surface area is 118 Å². The Kier molecular flexibility index (Phi) is 2.64. The van der Waals surface area contributed by atoms with Crippen molar-refractivity contribution in [3.8, 4) is 0 Å². The minimum absolute atomic E-state index is 0.160. The number of rotatable bonds is 2. The molecule has 0 aromatic carbocycles. The lowest BCUT2D eigenvalue weighted by Gasteiger charge is -2.39. The van der Waals surface area contributed by atoms with Gasteiger partial charge in [-0.05, 0) is 12.8 Å². The van der Waals surface area contributed by atoms with Gasteiger partial charge in [-0.15, -0.1) is 11.3 Å². The van der Waals surface area contributed by atoms with Crippen molar-refractivity contribution in [2.24, 2.45) is 5.92 Å². The Balaban J connectivity index is 1.61. The van der Waals surface area contributed by atoms with Crippen molar-refractivity contribution in [3.05, 3.63) is 33.7 Å². The van der Waals surface area contributed by atoms with E-state index in [4.69, 9.17) is 4.74 Å². The van der Waals surface area contributed by atoms with Gasteiger partial charge in [0, 0.05) is 36.2 Å². The summed E-state index contributed by atoms with van der Waals surface area (Å²) < 4.78 is 7.19. The van der Waals surface area contributed by atoms with Gasteiger partial charge >= 0.3 is 0 Å². The van der Waals surface area contributed by atoms with E-state index < -0.39 is 0 Å². The fraction of sp³-hybridized carbons (Fsp3) is 0.462. The van der Waals surface area contributed by atoms with Gasteiger partial charge in [0.05, 0.1) is 6.10 Å². The van der Waals surface area contributed by atoms with Gasteiger partial charge in [-0.1, -0.05) is 0 Å². The second-order valence-corrected chi connectivity index (χ2v) is 6.09. The van der Waals surface area contributed by atoms with Crippen molar-refractivity contribution in [2.45, 2.75) is 25.0 Å². The first-order chi connectivity index (χ1) is 9.72. The van der Waals surface area contributed by atoms with Crippen molar-refractivity contribution < 1.29 is 9.53 Å². The Morgan fingerprint density at radius 1 is 1.55 bits per heavy atom. The molecule has 1 saturated carbocycles. The third kappa shape index (κ3) is 1.77. The number of nitrogens with one attached hydrogen (secondary N) is 1. The number of fused-ring (bicyclic) bond motifs is 2. The lowest BCUT2D eigenvalue weighted by atomic mass is 9.76. The Bertz CT molecular complexity index is 738. The SMILES string of the molecule is O=C(N[C@H]1C[C@@H]2OCC[C@H]12)c1cc(=O)nc2sccn12. The van der Waals surface area contributed by atoms with Gasteiger partial charge in [-0.25, -0.2) is 0 Å². The molecule has 0 spiro atoms. The number of carbonyl (C=O) groups excluding carboxylic acids is 1. The second kappa shape index (κ2) is 4.39. The lowest BCUT2D eigenvalue weighted by Crippen LogP contribution is -2.53. The number of hydrogen-bond acceptors (Lipinski definition) is 5. The molecule has 6 nitrogen and oxygen atoms in total. The zero-order valence-corrected chi connectivity index (χ0v) is 11.4. The maximum absolute atomic E-state index is 12.4. The van der Waals surface area contributed by atoms with Crippen LogP contribution in [0.1, 0.15) is 23.3 Å². The third-order valence-corrected chi connectivity index (χ3v) is 4.88. The van der Waals surface area contributed by atoms with Crippen molar-refractivity contribution in [3.63, 3.8) is 0 Å². The van der Waals surface area contributed by atoms with E-state index in [-0.39, 0.29) is 17.5 Å². The molecule has 0 bridgehead atoms. The zero-order chi connectivity index (χ0) is 13.7. The highest BCUT2D eigenvalue weighted by molar-refractivity contribution is 7.15.